The van der Waals surface area contributed by atoms with Gasteiger partial charge < -0.3 is 14.4 Å². The van der Waals surface area contributed by atoms with Gasteiger partial charge in [-0.25, -0.2) is 9.18 Å². The molecule has 158 valence electrons. The molecule has 0 saturated heterocycles. The predicted molar refractivity (Wildman–Crippen MR) is 110 cm³/mol. The van der Waals surface area contributed by atoms with Gasteiger partial charge in [-0.3, -0.25) is 0 Å². The Morgan fingerprint density at radius 2 is 1.86 bits per heavy atom. The zero-order valence-corrected chi connectivity index (χ0v) is 18.1. The Balaban J connectivity index is 2.37. The molecule has 2 rings (SSSR count). The Labute approximate surface area is 175 Å². The molecule has 6 nitrogen and oxygen atoms in total. The van der Waals surface area contributed by atoms with E-state index in [0.717, 1.165) is 24.3 Å². The first-order valence-electron chi connectivity index (χ1n) is 9.20. The molecule has 0 spiro atoms. The Morgan fingerprint density at radius 3 is 2.45 bits per heavy atom. The summed E-state index contributed by atoms with van der Waals surface area (Å²) >= 11 is 6.09. The van der Waals surface area contributed by atoms with Gasteiger partial charge in [-0.1, -0.05) is 18.5 Å². The standard InChI is InChI=1S/C20H24ClFN2O4S/c1-4-14(3)24(20(25)23-5-2)13-15-12-16(21)6-11-19(15)28-29(26,27)18-9-7-17(22)8-10-18/h6-12,14H,4-5,13H2,1-3H3,(H,23,25)/t14-/m0/s1. The minimum atomic E-state index is -4.19. The van der Waals surface area contributed by atoms with E-state index in [1.807, 2.05) is 20.8 Å². The normalized spacial score (nSPS) is 12.3. The monoisotopic (exact) mass is 442 g/mol. The quantitative estimate of drug-likeness (QED) is 0.607. The number of hydrogen-bond acceptors (Lipinski definition) is 4. The van der Waals surface area contributed by atoms with Gasteiger partial charge in [0.2, 0.25) is 0 Å². The number of halogens is 2. The average molecular weight is 443 g/mol. The van der Waals surface area contributed by atoms with Gasteiger partial charge in [0.25, 0.3) is 0 Å². The molecule has 0 unspecified atom stereocenters. The Morgan fingerprint density at radius 1 is 1.21 bits per heavy atom. The van der Waals surface area contributed by atoms with Crippen LogP contribution >= 0.6 is 11.6 Å². The minimum Gasteiger partial charge on any atom is -0.379 e. The van der Waals surface area contributed by atoms with Crippen LogP contribution in [0, 0.1) is 5.82 Å². The summed E-state index contributed by atoms with van der Waals surface area (Å²) in [5, 5.41) is 3.14. The fourth-order valence-corrected chi connectivity index (χ4v) is 3.76. The van der Waals surface area contributed by atoms with E-state index >= 15 is 0 Å². The van der Waals surface area contributed by atoms with E-state index in [4.69, 9.17) is 15.8 Å². The highest BCUT2D eigenvalue weighted by Crippen LogP contribution is 2.28. The molecule has 0 radical (unpaired) electrons. The van der Waals surface area contributed by atoms with Crippen LogP contribution in [0.15, 0.2) is 47.4 Å². The largest absolute Gasteiger partial charge is 0.379 e. The van der Waals surface area contributed by atoms with Gasteiger partial charge in [-0.15, -0.1) is 0 Å². The molecule has 1 atom stereocenters. The molecular weight excluding hydrogens is 419 g/mol. The van der Waals surface area contributed by atoms with Gasteiger partial charge in [0.15, 0.2) is 0 Å². The predicted octanol–water partition coefficient (Wildman–Crippen LogP) is 4.58. The van der Waals surface area contributed by atoms with E-state index in [2.05, 4.69) is 5.32 Å². The number of nitrogens with zero attached hydrogens (tertiary/aromatic N) is 1. The molecule has 0 saturated carbocycles. The molecule has 2 aromatic carbocycles. The van der Waals surface area contributed by atoms with Crippen LogP contribution in [0.25, 0.3) is 0 Å². The van der Waals surface area contributed by atoms with Gasteiger partial charge in [0.1, 0.15) is 16.5 Å². The van der Waals surface area contributed by atoms with Crippen LogP contribution in [-0.2, 0) is 16.7 Å². The molecular formula is C20H24ClFN2O4S. The van der Waals surface area contributed by atoms with Crippen molar-refractivity contribution in [2.75, 3.05) is 6.54 Å². The van der Waals surface area contributed by atoms with Gasteiger partial charge in [0.05, 0.1) is 6.54 Å². The number of amides is 2. The lowest BCUT2D eigenvalue weighted by Crippen LogP contribution is -2.44. The number of rotatable bonds is 8. The van der Waals surface area contributed by atoms with Crippen molar-refractivity contribution in [1.82, 2.24) is 10.2 Å². The second-order valence-corrected chi connectivity index (χ2v) is 8.45. The molecule has 0 aliphatic carbocycles. The number of carbonyl (C=O) groups is 1. The van der Waals surface area contributed by atoms with Crippen LogP contribution in [0.5, 0.6) is 5.75 Å². The fraction of sp³-hybridized carbons (Fsp3) is 0.350. The number of hydrogen-bond donors (Lipinski definition) is 1. The highest BCUT2D eigenvalue weighted by atomic mass is 35.5. The molecule has 0 aliphatic heterocycles. The van der Waals surface area contributed by atoms with Crippen molar-refractivity contribution < 1.29 is 21.8 Å². The van der Waals surface area contributed by atoms with Crippen molar-refractivity contribution >= 4 is 27.8 Å². The maximum Gasteiger partial charge on any atom is 0.339 e. The van der Waals surface area contributed by atoms with E-state index < -0.39 is 15.9 Å². The summed E-state index contributed by atoms with van der Waals surface area (Å²) in [5.74, 6) is -0.501. The lowest BCUT2D eigenvalue weighted by Gasteiger charge is -2.29. The summed E-state index contributed by atoms with van der Waals surface area (Å²) in [6, 6.07) is 8.46. The second-order valence-electron chi connectivity index (χ2n) is 6.46. The van der Waals surface area contributed by atoms with E-state index in [1.54, 1.807) is 11.0 Å². The summed E-state index contributed by atoms with van der Waals surface area (Å²) in [4.78, 5) is 13.9. The molecule has 29 heavy (non-hydrogen) atoms. The van der Waals surface area contributed by atoms with Crippen LogP contribution in [0.1, 0.15) is 32.8 Å². The first-order chi connectivity index (χ1) is 13.7. The highest BCUT2D eigenvalue weighted by Gasteiger charge is 2.23. The Kier molecular flexibility index (Phi) is 7.87. The number of nitrogens with one attached hydrogen (secondary N) is 1. The van der Waals surface area contributed by atoms with Crippen molar-refractivity contribution in [3.63, 3.8) is 0 Å². The van der Waals surface area contributed by atoms with Crippen LogP contribution in [0.3, 0.4) is 0 Å². The molecule has 9 heteroatoms. The summed E-state index contributed by atoms with van der Waals surface area (Å²) in [7, 11) is -4.19. The van der Waals surface area contributed by atoms with E-state index in [0.29, 0.717) is 23.6 Å². The van der Waals surface area contributed by atoms with Crippen molar-refractivity contribution in [3.05, 3.63) is 58.9 Å². The first kappa shape index (κ1) is 23.0. The Hall–Kier alpha value is -2.32. The molecule has 0 aliphatic rings. The van der Waals surface area contributed by atoms with E-state index in [9.17, 15) is 17.6 Å². The summed E-state index contributed by atoms with van der Waals surface area (Å²) in [6.45, 7) is 6.23. The molecule has 2 aromatic rings. The molecule has 1 N–H and O–H groups in total. The van der Waals surface area contributed by atoms with Gasteiger partial charge in [-0.05, 0) is 62.7 Å². The average Bonchev–Trinajstić information content (AvgIpc) is 2.67. The van der Waals surface area contributed by atoms with Gasteiger partial charge in [0, 0.05) is 23.2 Å². The third-order valence-corrected chi connectivity index (χ3v) is 5.86. The summed E-state index contributed by atoms with van der Waals surface area (Å²) in [5.41, 5.74) is 0.440. The molecule has 0 bridgehead atoms. The summed E-state index contributed by atoms with van der Waals surface area (Å²) in [6.07, 6.45) is 0.710. The van der Waals surface area contributed by atoms with Crippen molar-refractivity contribution in [1.29, 1.82) is 0 Å². The third kappa shape index (κ3) is 6.08. The minimum absolute atomic E-state index is 0.0522. The zero-order chi connectivity index (χ0) is 21.6. The number of carbonyl (C=O) groups excluding carboxylic acids is 1. The topological polar surface area (TPSA) is 75.7 Å². The lowest BCUT2D eigenvalue weighted by molar-refractivity contribution is 0.173. The maximum absolute atomic E-state index is 13.1. The van der Waals surface area contributed by atoms with Crippen LogP contribution < -0.4 is 9.50 Å². The van der Waals surface area contributed by atoms with Crippen molar-refractivity contribution in [2.45, 2.75) is 44.7 Å². The lowest BCUT2D eigenvalue weighted by atomic mass is 10.1. The second kappa shape index (κ2) is 9.93. The molecule has 0 fully saturated rings. The third-order valence-electron chi connectivity index (χ3n) is 4.38. The van der Waals surface area contributed by atoms with Crippen LogP contribution in [0.2, 0.25) is 5.02 Å². The molecule has 0 aromatic heterocycles. The fourth-order valence-electron chi connectivity index (χ4n) is 2.60. The van der Waals surface area contributed by atoms with Gasteiger partial charge in [-0.2, -0.15) is 8.42 Å². The SMILES string of the molecule is CCNC(=O)N(Cc1cc(Cl)ccc1OS(=O)(=O)c1ccc(F)cc1)[C@@H](C)CC. The highest BCUT2D eigenvalue weighted by molar-refractivity contribution is 7.87. The maximum atomic E-state index is 13.1. The Bertz CT molecular complexity index is 951. The van der Waals surface area contributed by atoms with Gasteiger partial charge >= 0.3 is 16.1 Å². The van der Waals surface area contributed by atoms with Crippen LogP contribution in [-0.4, -0.2) is 31.9 Å². The molecule has 2 amide bonds. The molecule has 0 heterocycles. The van der Waals surface area contributed by atoms with Crippen LogP contribution in [0.4, 0.5) is 9.18 Å². The summed E-state index contributed by atoms with van der Waals surface area (Å²) < 4.78 is 43.6. The smallest absolute Gasteiger partial charge is 0.339 e. The van der Waals surface area contributed by atoms with Crippen molar-refractivity contribution in [2.24, 2.45) is 0 Å². The number of benzene rings is 2. The van der Waals surface area contributed by atoms with E-state index in [1.165, 1.54) is 12.1 Å². The zero-order valence-electron chi connectivity index (χ0n) is 16.5. The van der Waals surface area contributed by atoms with E-state index in [-0.39, 0.29) is 29.3 Å². The van der Waals surface area contributed by atoms with Crippen molar-refractivity contribution in [3.8, 4) is 5.75 Å². The number of urea groups is 1. The first-order valence-corrected chi connectivity index (χ1v) is 11.0.